The molecule has 0 aliphatic carbocycles. The molecule has 0 aliphatic heterocycles. The number of hydrogen-bond donors (Lipinski definition) is 0. The third-order valence-corrected chi connectivity index (χ3v) is 7.76. The number of ether oxygens (including phenoxy) is 1. The summed E-state index contributed by atoms with van der Waals surface area (Å²) in [6.45, 7) is 3.57. The lowest BCUT2D eigenvalue weighted by Gasteiger charge is -2.06. The van der Waals surface area contributed by atoms with Crippen LogP contribution in [0.25, 0.3) is 10.2 Å². The smallest absolute Gasteiger partial charge is 0.248 e. The highest BCUT2D eigenvalue weighted by molar-refractivity contribution is 7.99. The van der Waals surface area contributed by atoms with Crippen LogP contribution < -0.4 is 4.80 Å². The molecular formula is C22H26N2O4S3. The van der Waals surface area contributed by atoms with E-state index in [1.165, 1.54) is 22.5 Å². The van der Waals surface area contributed by atoms with E-state index < -0.39 is 9.84 Å². The molecule has 0 radical (unpaired) electrons. The number of hydrogen-bond acceptors (Lipinski definition) is 6. The highest BCUT2D eigenvalue weighted by Crippen LogP contribution is 2.22. The van der Waals surface area contributed by atoms with E-state index in [9.17, 15) is 13.2 Å². The molecule has 0 saturated heterocycles. The summed E-state index contributed by atoms with van der Waals surface area (Å²) < 4.78 is 32.0. The molecule has 3 aromatic rings. The first kappa shape index (κ1) is 23.7. The topological polar surface area (TPSA) is 77.7 Å². The summed E-state index contributed by atoms with van der Waals surface area (Å²) in [4.78, 5) is 18.9. The number of sulfone groups is 1. The molecule has 0 spiro atoms. The Morgan fingerprint density at radius 2 is 1.97 bits per heavy atom. The molecule has 1 amide bonds. The number of rotatable bonds is 10. The number of thiazole rings is 1. The van der Waals surface area contributed by atoms with Gasteiger partial charge >= 0.3 is 0 Å². The number of aromatic nitrogens is 1. The number of amides is 1. The van der Waals surface area contributed by atoms with Crippen LogP contribution in [0.1, 0.15) is 19.8 Å². The van der Waals surface area contributed by atoms with Gasteiger partial charge in [0.25, 0.3) is 0 Å². The minimum absolute atomic E-state index is 0.172. The average molecular weight is 479 g/mol. The van der Waals surface area contributed by atoms with Crippen molar-refractivity contribution < 1.29 is 17.9 Å². The molecule has 6 nitrogen and oxygen atoms in total. The quantitative estimate of drug-likeness (QED) is 0.323. The van der Waals surface area contributed by atoms with Gasteiger partial charge in [-0.25, -0.2) is 8.42 Å². The number of benzene rings is 2. The highest BCUT2D eigenvalue weighted by Gasteiger charge is 2.13. The maximum atomic E-state index is 12.5. The van der Waals surface area contributed by atoms with E-state index >= 15 is 0 Å². The van der Waals surface area contributed by atoms with Gasteiger partial charge < -0.3 is 9.30 Å². The van der Waals surface area contributed by atoms with Crippen LogP contribution in [0, 0.1) is 0 Å². The normalized spacial score (nSPS) is 12.5. The fraction of sp³-hybridized carbons (Fsp3) is 0.364. The van der Waals surface area contributed by atoms with Gasteiger partial charge in [0.05, 0.1) is 21.7 Å². The molecule has 9 heteroatoms. The van der Waals surface area contributed by atoms with Crippen molar-refractivity contribution in [3.63, 3.8) is 0 Å². The van der Waals surface area contributed by atoms with E-state index in [-0.39, 0.29) is 10.8 Å². The van der Waals surface area contributed by atoms with Crippen LogP contribution in [-0.2, 0) is 25.9 Å². The molecule has 0 bridgehead atoms. The summed E-state index contributed by atoms with van der Waals surface area (Å²) in [5.41, 5.74) is 0.850. The zero-order valence-corrected chi connectivity index (χ0v) is 20.1. The predicted octanol–water partition coefficient (Wildman–Crippen LogP) is 4.14. The van der Waals surface area contributed by atoms with Gasteiger partial charge in [-0.1, -0.05) is 29.5 Å². The molecular weight excluding hydrogens is 452 g/mol. The summed E-state index contributed by atoms with van der Waals surface area (Å²) in [6.07, 6.45) is 2.30. The van der Waals surface area contributed by atoms with E-state index in [0.717, 1.165) is 22.4 Å². The Hall–Kier alpha value is -1.94. The average Bonchev–Trinajstić information content (AvgIpc) is 3.08. The van der Waals surface area contributed by atoms with E-state index in [4.69, 9.17) is 4.74 Å². The molecule has 2 aromatic carbocycles. The van der Waals surface area contributed by atoms with E-state index in [1.54, 1.807) is 30.0 Å². The van der Waals surface area contributed by atoms with E-state index in [0.29, 0.717) is 31.0 Å². The zero-order valence-electron chi connectivity index (χ0n) is 17.6. The Balaban J connectivity index is 1.78. The fourth-order valence-electron chi connectivity index (χ4n) is 2.98. The maximum absolute atomic E-state index is 12.5. The molecule has 31 heavy (non-hydrogen) atoms. The van der Waals surface area contributed by atoms with Crippen molar-refractivity contribution in [3.8, 4) is 0 Å². The second-order valence-electron chi connectivity index (χ2n) is 6.91. The first-order valence-electron chi connectivity index (χ1n) is 10.0. The summed E-state index contributed by atoms with van der Waals surface area (Å²) in [5.74, 6) is 0.674. The Morgan fingerprint density at radius 1 is 1.19 bits per heavy atom. The molecule has 0 atom stereocenters. The van der Waals surface area contributed by atoms with Gasteiger partial charge in [0, 0.05) is 30.7 Å². The summed E-state index contributed by atoms with van der Waals surface area (Å²) in [6, 6.07) is 15.1. The number of carbonyl (C=O) groups is 1. The largest absolute Gasteiger partial charge is 0.380 e. The van der Waals surface area contributed by atoms with Crippen molar-refractivity contribution in [1.82, 2.24) is 4.57 Å². The molecule has 3 rings (SSSR count). The molecule has 0 N–H and O–H groups in total. The SMILES string of the molecule is CCOCCn1c(=NC(=O)CCCSc2ccccc2)sc2cc(S(C)(=O)=O)ccc21. The lowest BCUT2D eigenvalue weighted by molar-refractivity contribution is -0.118. The summed E-state index contributed by atoms with van der Waals surface area (Å²) >= 11 is 3.05. The van der Waals surface area contributed by atoms with Crippen molar-refractivity contribution in [2.45, 2.75) is 36.1 Å². The summed E-state index contributed by atoms with van der Waals surface area (Å²) in [5, 5.41) is 0. The Kier molecular flexibility index (Phi) is 8.48. The van der Waals surface area contributed by atoms with E-state index in [1.807, 2.05) is 29.7 Å². The fourth-order valence-corrected chi connectivity index (χ4v) is 5.69. The minimum Gasteiger partial charge on any atom is -0.380 e. The van der Waals surface area contributed by atoms with Gasteiger partial charge in [0.1, 0.15) is 0 Å². The Morgan fingerprint density at radius 3 is 2.68 bits per heavy atom. The Bertz CT molecular complexity index is 1200. The molecule has 0 fully saturated rings. The predicted molar refractivity (Wildman–Crippen MR) is 126 cm³/mol. The molecule has 0 saturated carbocycles. The van der Waals surface area contributed by atoms with Gasteiger partial charge in [0.2, 0.25) is 5.91 Å². The Labute approximate surface area is 190 Å². The van der Waals surface area contributed by atoms with Crippen molar-refractivity contribution in [3.05, 3.63) is 53.3 Å². The van der Waals surface area contributed by atoms with Gasteiger partial charge in [-0.15, -0.1) is 11.8 Å². The standard InChI is InChI=1S/C22H26N2O4S3/c1-3-28-14-13-24-19-12-11-18(31(2,26)27)16-20(19)30-22(24)23-21(25)10-7-15-29-17-8-5-4-6-9-17/h4-6,8-9,11-12,16H,3,7,10,13-15H2,1-2H3. The lowest BCUT2D eigenvalue weighted by Crippen LogP contribution is -2.19. The molecule has 0 aliphatic rings. The third-order valence-electron chi connectivity index (χ3n) is 4.51. The van der Waals surface area contributed by atoms with Crippen LogP contribution >= 0.6 is 23.1 Å². The molecule has 1 aromatic heterocycles. The monoisotopic (exact) mass is 478 g/mol. The van der Waals surface area contributed by atoms with Crippen molar-refractivity contribution in [1.29, 1.82) is 0 Å². The van der Waals surface area contributed by atoms with Crippen LogP contribution in [0.3, 0.4) is 0 Å². The maximum Gasteiger partial charge on any atom is 0.248 e. The number of nitrogens with zero attached hydrogens (tertiary/aromatic N) is 2. The second kappa shape index (κ2) is 11.1. The van der Waals surface area contributed by atoms with Crippen LogP contribution in [-0.4, -0.2) is 44.1 Å². The summed E-state index contributed by atoms with van der Waals surface area (Å²) in [7, 11) is -3.31. The van der Waals surface area contributed by atoms with Crippen molar-refractivity contribution in [2.24, 2.45) is 4.99 Å². The first-order valence-corrected chi connectivity index (χ1v) is 13.7. The van der Waals surface area contributed by atoms with Crippen LogP contribution in [0.15, 0.2) is 63.3 Å². The first-order chi connectivity index (χ1) is 14.9. The van der Waals surface area contributed by atoms with Crippen LogP contribution in [0.2, 0.25) is 0 Å². The third kappa shape index (κ3) is 6.77. The van der Waals surface area contributed by atoms with E-state index in [2.05, 4.69) is 17.1 Å². The van der Waals surface area contributed by atoms with Crippen molar-refractivity contribution >= 4 is 49.1 Å². The lowest BCUT2D eigenvalue weighted by atomic mass is 10.3. The second-order valence-corrected chi connectivity index (χ2v) is 11.1. The molecule has 166 valence electrons. The van der Waals surface area contributed by atoms with Gasteiger partial charge in [-0.2, -0.15) is 4.99 Å². The van der Waals surface area contributed by atoms with Gasteiger partial charge in [-0.05, 0) is 49.4 Å². The van der Waals surface area contributed by atoms with Gasteiger partial charge in [0.15, 0.2) is 14.6 Å². The zero-order chi connectivity index (χ0) is 22.3. The van der Waals surface area contributed by atoms with Crippen LogP contribution in [0.4, 0.5) is 0 Å². The number of thioether (sulfide) groups is 1. The minimum atomic E-state index is -3.31. The number of fused-ring (bicyclic) bond motifs is 1. The molecule has 1 heterocycles. The van der Waals surface area contributed by atoms with Gasteiger partial charge in [-0.3, -0.25) is 4.79 Å². The number of carbonyl (C=O) groups excluding carboxylic acids is 1. The highest BCUT2D eigenvalue weighted by atomic mass is 32.2. The van der Waals surface area contributed by atoms with Crippen molar-refractivity contribution in [2.75, 3.05) is 25.2 Å². The molecule has 0 unspecified atom stereocenters. The van der Waals surface area contributed by atoms with Crippen LogP contribution in [0.5, 0.6) is 0 Å².